The summed E-state index contributed by atoms with van der Waals surface area (Å²) in [4.78, 5) is 23.8. The molecule has 1 aromatic carbocycles. The van der Waals surface area contributed by atoms with Gasteiger partial charge in [0.25, 0.3) is 11.6 Å². The molecule has 0 aromatic heterocycles. The SMILES string of the molecule is Cc1cc(C(=O)N(C)C(C)CN)cc([N+](=O)[O-])c1.Cl. The van der Waals surface area contributed by atoms with Crippen LogP contribution in [-0.4, -0.2) is 35.4 Å². The normalized spacial score (nSPS) is 11.4. The van der Waals surface area contributed by atoms with Gasteiger partial charge in [0.05, 0.1) is 4.92 Å². The van der Waals surface area contributed by atoms with Crippen LogP contribution >= 0.6 is 12.4 Å². The highest BCUT2D eigenvalue weighted by Crippen LogP contribution is 2.18. The zero-order valence-electron chi connectivity index (χ0n) is 11.1. The van der Waals surface area contributed by atoms with Gasteiger partial charge in [-0.3, -0.25) is 14.9 Å². The topological polar surface area (TPSA) is 89.5 Å². The third-order valence-electron chi connectivity index (χ3n) is 2.84. The lowest BCUT2D eigenvalue weighted by atomic mass is 10.1. The highest BCUT2D eigenvalue weighted by molar-refractivity contribution is 5.95. The number of rotatable bonds is 4. The van der Waals surface area contributed by atoms with Crippen LogP contribution in [0.4, 0.5) is 5.69 Å². The van der Waals surface area contributed by atoms with Crippen LogP contribution in [0.5, 0.6) is 0 Å². The number of likely N-dealkylation sites (N-methyl/N-ethyl adjacent to an activating group) is 1. The molecule has 1 rings (SSSR count). The van der Waals surface area contributed by atoms with Crippen LogP contribution in [0, 0.1) is 17.0 Å². The van der Waals surface area contributed by atoms with Crippen LogP contribution < -0.4 is 5.73 Å². The van der Waals surface area contributed by atoms with Gasteiger partial charge in [0.2, 0.25) is 0 Å². The molecule has 0 bridgehead atoms. The number of hydrogen-bond acceptors (Lipinski definition) is 4. The van der Waals surface area contributed by atoms with Crippen molar-refractivity contribution in [2.75, 3.05) is 13.6 Å². The van der Waals surface area contributed by atoms with Crippen LogP contribution in [0.25, 0.3) is 0 Å². The molecule has 7 heteroatoms. The Bertz CT molecular complexity index is 479. The van der Waals surface area contributed by atoms with E-state index in [1.165, 1.54) is 17.0 Å². The first-order valence-electron chi connectivity index (χ1n) is 5.60. The van der Waals surface area contributed by atoms with Crippen LogP contribution in [0.15, 0.2) is 18.2 Å². The molecule has 1 atom stereocenters. The van der Waals surface area contributed by atoms with E-state index in [9.17, 15) is 14.9 Å². The average Bonchev–Trinajstić information content (AvgIpc) is 2.35. The standard InChI is InChI=1S/C12H17N3O3.ClH/c1-8-4-10(6-11(5-8)15(17)18)12(16)14(3)9(2)7-13;/h4-6,9H,7,13H2,1-3H3;1H. The Labute approximate surface area is 118 Å². The summed E-state index contributed by atoms with van der Waals surface area (Å²) >= 11 is 0. The Morgan fingerprint density at radius 2 is 2.05 bits per heavy atom. The molecule has 0 spiro atoms. The number of nitrogens with two attached hydrogens (primary N) is 1. The molecule has 0 heterocycles. The molecule has 0 aliphatic heterocycles. The zero-order chi connectivity index (χ0) is 13.9. The van der Waals surface area contributed by atoms with Gasteiger partial charge in [0, 0.05) is 37.3 Å². The summed E-state index contributed by atoms with van der Waals surface area (Å²) in [5.74, 6) is -0.264. The lowest BCUT2D eigenvalue weighted by Crippen LogP contribution is -2.39. The fraction of sp³-hybridized carbons (Fsp3) is 0.417. The Morgan fingerprint density at radius 1 is 1.47 bits per heavy atom. The number of halogens is 1. The van der Waals surface area contributed by atoms with Gasteiger partial charge in [-0.15, -0.1) is 12.4 Å². The molecule has 0 saturated carbocycles. The molecule has 19 heavy (non-hydrogen) atoms. The first-order valence-corrected chi connectivity index (χ1v) is 5.60. The second kappa shape index (κ2) is 7.06. The smallest absolute Gasteiger partial charge is 0.270 e. The predicted molar refractivity (Wildman–Crippen MR) is 75.7 cm³/mol. The van der Waals surface area contributed by atoms with Gasteiger partial charge in [0.15, 0.2) is 0 Å². The molecule has 106 valence electrons. The summed E-state index contributed by atoms with van der Waals surface area (Å²) in [6.07, 6.45) is 0. The first-order chi connectivity index (χ1) is 8.36. The van der Waals surface area contributed by atoms with Crippen LogP contribution in [0.3, 0.4) is 0 Å². The number of non-ortho nitro benzene ring substituents is 1. The van der Waals surface area contributed by atoms with Gasteiger partial charge in [-0.05, 0) is 25.5 Å². The average molecular weight is 288 g/mol. The number of carbonyl (C=O) groups is 1. The van der Waals surface area contributed by atoms with Gasteiger partial charge in [-0.1, -0.05) is 0 Å². The predicted octanol–water partition coefficient (Wildman–Crippen LogP) is 1.74. The van der Waals surface area contributed by atoms with Crippen molar-refractivity contribution < 1.29 is 9.72 Å². The van der Waals surface area contributed by atoms with E-state index in [-0.39, 0.29) is 30.0 Å². The quantitative estimate of drug-likeness (QED) is 0.675. The van der Waals surface area contributed by atoms with Crippen molar-refractivity contribution in [1.82, 2.24) is 4.90 Å². The second-order valence-corrected chi connectivity index (χ2v) is 4.32. The largest absolute Gasteiger partial charge is 0.338 e. The Morgan fingerprint density at radius 3 is 2.53 bits per heavy atom. The van der Waals surface area contributed by atoms with Crippen molar-refractivity contribution in [3.8, 4) is 0 Å². The van der Waals surface area contributed by atoms with Crippen molar-refractivity contribution in [2.24, 2.45) is 5.73 Å². The van der Waals surface area contributed by atoms with Crippen molar-refractivity contribution in [2.45, 2.75) is 19.9 Å². The molecular weight excluding hydrogens is 270 g/mol. The van der Waals surface area contributed by atoms with E-state index in [1.807, 2.05) is 6.92 Å². The van der Waals surface area contributed by atoms with Crippen molar-refractivity contribution in [3.05, 3.63) is 39.4 Å². The summed E-state index contributed by atoms with van der Waals surface area (Å²) in [7, 11) is 1.63. The molecule has 0 fully saturated rings. The third-order valence-corrected chi connectivity index (χ3v) is 2.84. The van der Waals surface area contributed by atoms with Crippen LogP contribution in [-0.2, 0) is 0 Å². The minimum Gasteiger partial charge on any atom is -0.338 e. The second-order valence-electron chi connectivity index (χ2n) is 4.32. The van der Waals surface area contributed by atoms with E-state index in [0.717, 1.165) is 0 Å². The van der Waals surface area contributed by atoms with Crippen molar-refractivity contribution in [1.29, 1.82) is 0 Å². The van der Waals surface area contributed by atoms with Crippen LogP contribution in [0.1, 0.15) is 22.8 Å². The molecule has 0 saturated heterocycles. The monoisotopic (exact) mass is 287 g/mol. The van der Waals surface area contributed by atoms with Gasteiger partial charge in [0.1, 0.15) is 0 Å². The Balaban J connectivity index is 0.00000324. The molecular formula is C12H18ClN3O3. The summed E-state index contributed by atoms with van der Waals surface area (Å²) < 4.78 is 0. The van der Waals surface area contributed by atoms with Gasteiger partial charge in [-0.2, -0.15) is 0 Å². The molecule has 6 nitrogen and oxygen atoms in total. The van der Waals surface area contributed by atoms with E-state index in [4.69, 9.17) is 5.73 Å². The highest BCUT2D eigenvalue weighted by atomic mass is 35.5. The summed E-state index contributed by atoms with van der Waals surface area (Å²) in [6.45, 7) is 3.88. The fourth-order valence-electron chi connectivity index (χ4n) is 1.55. The third kappa shape index (κ3) is 4.18. The number of nitro groups is 1. The minimum atomic E-state index is -0.504. The van der Waals surface area contributed by atoms with E-state index in [2.05, 4.69) is 0 Å². The summed E-state index contributed by atoms with van der Waals surface area (Å²) in [5, 5.41) is 10.7. The Hall–Kier alpha value is -1.66. The number of benzene rings is 1. The van der Waals surface area contributed by atoms with E-state index >= 15 is 0 Å². The molecule has 0 aliphatic carbocycles. The van der Waals surface area contributed by atoms with Gasteiger partial charge < -0.3 is 10.6 Å². The fourth-order valence-corrected chi connectivity index (χ4v) is 1.55. The minimum absolute atomic E-state index is 0. The number of aryl methyl sites for hydroxylation is 1. The van der Waals surface area contributed by atoms with E-state index in [1.54, 1.807) is 20.0 Å². The number of nitrogens with zero attached hydrogens (tertiary/aromatic N) is 2. The molecule has 1 unspecified atom stereocenters. The highest BCUT2D eigenvalue weighted by Gasteiger charge is 2.19. The van der Waals surface area contributed by atoms with Crippen LogP contribution in [0.2, 0.25) is 0 Å². The summed E-state index contributed by atoms with van der Waals surface area (Å²) in [5.41, 5.74) is 6.41. The number of carbonyl (C=O) groups excluding carboxylic acids is 1. The lowest BCUT2D eigenvalue weighted by Gasteiger charge is -2.23. The van der Waals surface area contributed by atoms with Crippen molar-refractivity contribution in [3.63, 3.8) is 0 Å². The lowest BCUT2D eigenvalue weighted by molar-refractivity contribution is -0.384. The molecule has 1 aromatic rings. The molecule has 1 amide bonds. The summed E-state index contributed by atoms with van der Waals surface area (Å²) in [6, 6.07) is 4.24. The van der Waals surface area contributed by atoms with Crippen molar-refractivity contribution >= 4 is 24.0 Å². The zero-order valence-corrected chi connectivity index (χ0v) is 11.9. The first kappa shape index (κ1) is 17.3. The molecule has 0 radical (unpaired) electrons. The maximum atomic E-state index is 12.1. The number of nitro benzene ring substituents is 1. The molecule has 0 aliphatic rings. The maximum Gasteiger partial charge on any atom is 0.270 e. The van der Waals surface area contributed by atoms with E-state index in [0.29, 0.717) is 17.7 Å². The maximum absolute atomic E-state index is 12.1. The number of hydrogen-bond donors (Lipinski definition) is 1. The molecule has 2 N–H and O–H groups in total. The number of amides is 1. The van der Waals surface area contributed by atoms with Gasteiger partial charge in [-0.25, -0.2) is 0 Å². The Kier molecular flexibility index (Phi) is 6.44. The van der Waals surface area contributed by atoms with Gasteiger partial charge >= 0.3 is 0 Å². The van der Waals surface area contributed by atoms with E-state index < -0.39 is 4.92 Å².